The van der Waals surface area contributed by atoms with Gasteiger partial charge in [0.15, 0.2) is 11.6 Å². The molecule has 2 aromatic rings. The summed E-state index contributed by atoms with van der Waals surface area (Å²) in [6.45, 7) is 8.87. The minimum atomic E-state index is -1.20. The minimum absolute atomic E-state index is 0.0893. The number of benzene rings is 2. The zero-order valence-electron chi connectivity index (χ0n) is 39.8. The van der Waals surface area contributed by atoms with Gasteiger partial charge in [0, 0.05) is 62.9 Å². The van der Waals surface area contributed by atoms with Crippen molar-refractivity contribution < 1.29 is 44.1 Å². The third-order valence-corrected chi connectivity index (χ3v) is 12.5. The van der Waals surface area contributed by atoms with E-state index in [9.17, 15) is 44.1 Å². The smallest absolute Gasteiger partial charge is 0.245 e. The topological polar surface area (TPSA) is 194 Å². The molecule has 0 saturated heterocycles. The van der Waals surface area contributed by atoms with Crippen LogP contribution in [0.2, 0.25) is 0 Å². The van der Waals surface area contributed by atoms with Gasteiger partial charge in [-0.25, -0.2) is 0 Å². The second-order valence-electron chi connectivity index (χ2n) is 18.5. The molecular formula is C51H78N4O9. The van der Waals surface area contributed by atoms with E-state index in [1.165, 1.54) is 107 Å². The molecule has 0 aliphatic carbocycles. The molecule has 1 aliphatic rings. The van der Waals surface area contributed by atoms with Crippen molar-refractivity contribution in [3.05, 3.63) is 47.5 Å². The molecule has 13 nitrogen and oxygen atoms in total. The number of rotatable bonds is 25. The van der Waals surface area contributed by atoms with Gasteiger partial charge in [0.1, 0.15) is 23.6 Å². The first kappa shape index (κ1) is 53.6. The summed E-state index contributed by atoms with van der Waals surface area (Å²) >= 11 is 0. The molecule has 5 N–H and O–H groups in total. The van der Waals surface area contributed by atoms with E-state index in [4.69, 9.17) is 0 Å². The van der Waals surface area contributed by atoms with E-state index >= 15 is 0 Å². The summed E-state index contributed by atoms with van der Waals surface area (Å²) in [5, 5.41) is 37.6. The number of aromatic hydroxyl groups is 2. The molecule has 0 fully saturated rings. The molecule has 0 saturated carbocycles. The second kappa shape index (κ2) is 27.5. The Labute approximate surface area is 382 Å². The molecule has 1 aliphatic heterocycles. The maximum atomic E-state index is 14.4. The molecule has 2 aromatic carbocycles. The molecule has 3 rings (SSSR count). The normalized spacial score (nSPS) is 17.5. The molecule has 0 unspecified atom stereocenters. The van der Waals surface area contributed by atoms with E-state index in [2.05, 4.69) is 17.6 Å². The third kappa shape index (κ3) is 17.0. The van der Waals surface area contributed by atoms with Crippen molar-refractivity contribution in [2.45, 2.75) is 181 Å². The SMILES string of the molecule is CCCCCCCCCCCCCCCC(=O)N(C)[C@H](CO)C(=O)N[C@H](C)C(=O)CCC(=O)N(C)[C@@H]1C(=O)C[C@@H](CC(C)C)C(=O)N[C@H](C)Cc2ccc(O)c(c2)-c2cc1ccc2O. The van der Waals surface area contributed by atoms with Crippen molar-refractivity contribution in [1.82, 2.24) is 20.4 Å². The van der Waals surface area contributed by atoms with Crippen LogP contribution in [0.25, 0.3) is 11.1 Å². The van der Waals surface area contributed by atoms with Crippen LogP contribution in [0.15, 0.2) is 36.4 Å². The first-order valence-corrected chi connectivity index (χ1v) is 23.9. The van der Waals surface area contributed by atoms with Crippen LogP contribution in [0.1, 0.15) is 167 Å². The molecule has 0 spiro atoms. The Morgan fingerprint density at radius 1 is 0.750 bits per heavy atom. The van der Waals surface area contributed by atoms with Gasteiger partial charge in [-0.15, -0.1) is 0 Å². The van der Waals surface area contributed by atoms with Crippen molar-refractivity contribution in [2.75, 3.05) is 20.7 Å². The number of likely N-dealkylation sites (N-methyl/N-ethyl adjacent to an activating group) is 2. The lowest BCUT2D eigenvalue weighted by molar-refractivity contribution is -0.142. The first-order chi connectivity index (χ1) is 30.5. The number of nitrogens with one attached hydrogen (secondary N) is 2. The van der Waals surface area contributed by atoms with Crippen molar-refractivity contribution in [3.8, 4) is 22.6 Å². The summed E-state index contributed by atoms with van der Waals surface area (Å²) in [6, 6.07) is 5.74. The highest BCUT2D eigenvalue weighted by Gasteiger charge is 2.35. The maximum Gasteiger partial charge on any atom is 0.245 e. The number of phenolic OH excluding ortho intramolecular Hbond substituents is 2. The molecule has 13 heteroatoms. The number of carbonyl (C=O) groups is 6. The largest absolute Gasteiger partial charge is 0.507 e. The van der Waals surface area contributed by atoms with Crippen LogP contribution in [0.4, 0.5) is 0 Å². The number of hydrogen-bond donors (Lipinski definition) is 5. The van der Waals surface area contributed by atoms with Crippen LogP contribution in [-0.2, 0) is 35.2 Å². The molecule has 356 valence electrons. The van der Waals surface area contributed by atoms with Crippen LogP contribution >= 0.6 is 0 Å². The number of Topliss-reactive ketones (excluding diaryl/α,β-unsaturated/α-hetero) is 2. The van der Waals surface area contributed by atoms with Gasteiger partial charge in [0.25, 0.3) is 0 Å². The van der Waals surface area contributed by atoms with Crippen molar-refractivity contribution in [2.24, 2.45) is 11.8 Å². The number of amides is 4. The molecule has 4 bridgehead atoms. The Balaban J connectivity index is 1.63. The molecule has 0 radical (unpaired) electrons. The van der Waals surface area contributed by atoms with Crippen LogP contribution in [0, 0.1) is 11.8 Å². The highest BCUT2D eigenvalue weighted by atomic mass is 16.3. The quantitative estimate of drug-likeness (QED) is 0.0613. The number of fused-ring (bicyclic) bond motifs is 5. The Bertz CT molecular complexity index is 1850. The molecule has 64 heavy (non-hydrogen) atoms. The third-order valence-electron chi connectivity index (χ3n) is 12.5. The summed E-state index contributed by atoms with van der Waals surface area (Å²) in [6.07, 6.45) is 15.7. The first-order valence-electron chi connectivity index (χ1n) is 23.9. The van der Waals surface area contributed by atoms with Gasteiger partial charge in [0.2, 0.25) is 23.6 Å². The standard InChI is InChI=1S/C51H78N4O9/c1-8-9-10-11-12-13-14-15-16-17-18-19-20-21-47(61)54(6)42(33-56)51(64)53-36(5)43(57)26-27-48(62)55(7)49-38-23-25-45(59)41(31-38)40-30-37(22-24-44(40)58)29-35(4)52-50(63)39(28-34(2)3)32-46(49)60/h22-25,30-31,34-36,39,42,49,56,58-59H,8-21,26-29,32-33H2,1-7H3,(H,52,63)(H,53,64)/t35-,36-,39-,42-,49+/m1/s1. The molecule has 1 heterocycles. The summed E-state index contributed by atoms with van der Waals surface area (Å²) in [5.41, 5.74) is 1.74. The molecule has 4 amide bonds. The zero-order valence-corrected chi connectivity index (χ0v) is 39.8. The fourth-order valence-electron chi connectivity index (χ4n) is 8.65. The molecular weight excluding hydrogens is 813 g/mol. The lowest BCUT2D eigenvalue weighted by Gasteiger charge is -2.30. The maximum absolute atomic E-state index is 14.4. The number of aliphatic hydroxyl groups is 1. The summed E-state index contributed by atoms with van der Waals surface area (Å²) in [7, 11) is 2.91. The number of aliphatic hydroxyl groups excluding tert-OH is 1. The van der Waals surface area contributed by atoms with Crippen LogP contribution in [0.5, 0.6) is 11.5 Å². The summed E-state index contributed by atoms with van der Waals surface area (Å²) < 4.78 is 0. The van der Waals surface area contributed by atoms with Gasteiger partial charge in [-0.05, 0) is 74.4 Å². The van der Waals surface area contributed by atoms with E-state index < -0.39 is 54.0 Å². The van der Waals surface area contributed by atoms with Crippen molar-refractivity contribution >= 4 is 35.2 Å². The lowest BCUT2D eigenvalue weighted by atomic mass is 9.86. The number of carbonyl (C=O) groups excluding carboxylic acids is 6. The predicted octanol–water partition coefficient (Wildman–Crippen LogP) is 8.10. The van der Waals surface area contributed by atoms with Crippen molar-refractivity contribution in [3.63, 3.8) is 0 Å². The van der Waals surface area contributed by atoms with Crippen LogP contribution < -0.4 is 10.6 Å². The van der Waals surface area contributed by atoms with Gasteiger partial charge >= 0.3 is 0 Å². The van der Waals surface area contributed by atoms with E-state index in [1.807, 2.05) is 20.8 Å². The number of hydrogen-bond acceptors (Lipinski definition) is 9. The number of unbranched alkanes of at least 4 members (excludes halogenated alkanes) is 12. The average molecular weight is 891 g/mol. The van der Waals surface area contributed by atoms with E-state index in [-0.39, 0.29) is 66.5 Å². The minimum Gasteiger partial charge on any atom is -0.507 e. The zero-order chi connectivity index (χ0) is 47.3. The average Bonchev–Trinajstić information content (AvgIpc) is 3.24. The summed E-state index contributed by atoms with van der Waals surface area (Å²) in [4.78, 5) is 83.9. The molecule has 5 atom stereocenters. The number of ketones is 2. The second-order valence-corrected chi connectivity index (χ2v) is 18.5. The highest BCUT2D eigenvalue weighted by Crippen LogP contribution is 2.39. The Morgan fingerprint density at radius 2 is 1.31 bits per heavy atom. The van der Waals surface area contributed by atoms with Crippen LogP contribution in [-0.4, -0.2) is 99.1 Å². The van der Waals surface area contributed by atoms with E-state index in [1.54, 1.807) is 18.2 Å². The fraction of sp³-hybridized carbons (Fsp3) is 0.647. The fourth-order valence-corrected chi connectivity index (χ4v) is 8.65. The van der Waals surface area contributed by atoms with Crippen LogP contribution in [0.3, 0.4) is 0 Å². The predicted molar refractivity (Wildman–Crippen MR) is 250 cm³/mol. The van der Waals surface area contributed by atoms with Gasteiger partial charge < -0.3 is 35.8 Å². The Morgan fingerprint density at radius 3 is 1.89 bits per heavy atom. The van der Waals surface area contributed by atoms with Gasteiger partial charge in [-0.3, -0.25) is 28.8 Å². The van der Waals surface area contributed by atoms with Gasteiger partial charge in [-0.1, -0.05) is 110 Å². The van der Waals surface area contributed by atoms with Gasteiger partial charge in [0.05, 0.1) is 12.6 Å². The number of nitrogens with zero attached hydrogens (tertiary/aromatic N) is 2. The monoisotopic (exact) mass is 891 g/mol. The van der Waals surface area contributed by atoms with Crippen molar-refractivity contribution in [1.29, 1.82) is 0 Å². The molecule has 0 aromatic heterocycles. The highest BCUT2D eigenvalue weighted by molar-refractivity contribution is 5.96. The number of phenols is 2. The van der Waals surface area contributed by atoms with E-state index in [0.29, 0.717) is 30.4 Å². The Hall–Kier alpha value is -4.78. The van der Waals surface area contributed by atoms with E-state index in [0.717, 1.165) is 24.8 Å². The van der Waals surface area contributed by atoms with Gasteiger partial charge in [-0.2, -0.15) is 0 Å². The lowest BCUT2D eigenvalue weighted by Crippen LogP contribution is -2.53. The summed E-state index contributed by atoms with van der Waals surface area (Å²) in [5.74, 6) is -3.49. The Kier molecular flexibility index (Phi) is 23.0.